The summed E-state index contributed by atoms with van der Waals surface area (Å²) in [6.45, 7) is 1.67. The van der Waals surface area contributed by atoms with E-state index in [-0.39, 0.29) is 17.6 Å². The number of halogens is 3. The molecular weight excluding hydrogens is 480 g/mol. The van der Waals surface area contributed by atoms with Gasteiger partial charge in [0.2, 0.25) is 0 Å². The van der Waals surface area contributed by atoms with Crippen LogP contribution in [0.4, 0.5) is 8.78 Å². The number of aromatic nitrogens is 2. The van der Waals surface area contributed by atoms with E-state index < -0.39 is 29.2 Å². The third kappa shape index (κ3) is 3.98. The van der Waals surface area contributed by atoms with Gasteiger partial charge in [0.05, 0.1) is 10.5 Å². The Kier molecular flexibility index (Phi) is 6.06. The van der Waals surface area contributed by atoms with E-state index in [0.29, 0.717) is 58.3 Å². The molecule has 1 amide bonds. The maximum Gasteiger partial charge on any atom is 0.264 e. The number of carbonyl (C=O) groups is 1. The van der Waals surface area contributed by atoms with Crippen LogP contribution in [0.25, 0.3) is 21.8 Å². The summed E-state index contributed by atoms with van der Waals surface area (Å²) in [5.41, 5.74) is 0.333. The number of amides is 1. The van der Waals surface area contributed by atoms with E-state index in [9.17, 15) is 23.5 Å². The average Bonchev–Trinajstić information content (AvgIpc) is 3.22. The van der Waals surface area contributed by atoms with Crippen LogP contribution >= 0.6 is 11.6 Å². The number of nitrogens with zero attached hydrogens (tertiary/aromatic N) is 2. The minimum absolute atomic E-state index is 0.257. The third-order valence-corrected chi connectivity index (χ3v) is 6.98. The zero-order chi connectivity index (χ0) is 24.9. The fourth-order valence-electron chi connectivity index (χ4n) is 5.02. The molecule has 2 heterocycles. The number of fused-ring (bicyclic) bond motifs is 3. The molecule has 1 aliphatic rings. The van der Waals surface area contributed by atoms with Gasteiger partial charge in [-0.3, -0.25) is 9.59 Å². The fourth-order valence-corrected chi connectivity index (χ4v) is 5.28. The number of aryl methyl sites for hydroxylation is 1. The molecule has 2 N–H and O–H groups in total. The summed E-state index contributed by atoms with van der Waals surface area (Å²) in [5.74, 6) is -2.84. The molecule has 1 saturated carbocycles. The Balaban J connectivity index is 1.47. The maximum atomic E-state index is 14.1. The zero-order valence-corrected chi connectivity index (χ0v) is 19.5. The number of hydrogen-bond acceptors (Lipinski definition) is 5. The molecule has 182 valence electrons. The SMILES string of the molecule is Cc1onc2c1c(=O)n([C@@H]1CCC[C@H](NC(=O)C(O)c3cccc(F)c3F)C1)c1cccc(Cl)c21. The molecule has 0 aliphatic heterocycles. The smallest absolute Gasteiger partial charge is 0.264 e. The van der Waals surface area contributed by atoms with Crippen molar-refractivity contribution in [2.75, 3.05) is 0 Å². The van der Waals surface area contributed by atoms with Crippen molar-refractivity contribution in [2.24, 2.45) is 0 Å². The molecule has 2 aromatic heterocycles. The predicted octanol–water partition coefficient (Wildman–Crippen LogP) is 4.72. The number of pyridine rings is 1. The standard InChI is InChI=1S/C25H22ClF2N3O4/c1-12-19-22(30-35-12)20-16(26)8-4-10-18(20)31(25(19)34)14-6-2-5-13(11-14)29-24(33)23(32)15-7-3-9-17(27)21(15)28/h3-4,7-10,13-14,23,32H,2,5-6,11H2,1H3,(H,29,33)/t13-,14+,23?/m0/s1. The second-order valence-electron chi connectivity index (χ2n) is 8.84. The van der Waals surface area contributed by atoms with Crippen LogP contribution in [-0.2, 0) is 4.79 Å². The first-order valence-electron chi connectivity index (χ1n) is 11.3. The van der Waals surface area contributed by atoms with Crippen LogP contribution in [0.3, 0.4) is 0 Å². The molecule has 0 bridgehead atoms. The van der Waals surface area contributed by atoms with Crippen LogP contribution in [-0.4, -0.2) is 26.8 Å². The van der Waals surface area contributed by atoms with Crippen molar-refractivity contribution in [3.05, 3.63) is 74.7 Å². The van der Waals surface area contributed by atoms with E-state index in [2.05, 4.69) is 10.5 Å². The van der Waals surface area contributed by atoms with Crippen LogP contribution in [0.15, 0.2) is 45.7 Å². The second kappa shape index (κ2) is 9.05. The number of rotatable bonds is 4. The Morgan fingerprint density at radius 3 is 2.80 bits per heavy atom. The van der Waals surface area contributed by atoms with E-state index in [1.54, 1.807) is 29.7 Å². The quantitative estimate of drug-likeness (QED) is 0.422. The fraction of sp³-hybridized carbons (Fsp3) is 0.320. The van der Waals surface area contributed by atoms with Crippen molar-refractivity contribution >= 4 is 39.3 Å². The summed E-state index contributed by atoms with van der Waals surface area (Å²) < 4.78 is 34.6. The predicted molar refractivity (Wildman–Crippen MR) is 126 cm³/mol. The van der Waals surface area contributed by atoms with E-state index >= 15 is 0 Å². The van der Waals surface area contributed by atoms with Gasteiger partial charge < -0.3 is 19.5 Å². The topological polar surface area (TPSA) is 97.4 Å². The summed E-state index contributed by atoms with van der Waals surface area (Å²) in [5, 5.41) is 18.5. The third-order valence-electron chi connectivity index (χ3n) is 6.67. The summed E-state index contributed by atoms with van der Waals surface area (Å²) >= 11 is 6.48. The van der Waals surface area contributed by atoms with Gasteiger partial charge in [-0.2, -0.15) is 0 Å². The van der Waals surface area contributed by atoms with E-state index in [4.69, 9.17) is 16.1 Å². The van der Waals surface area contributed by atoms with Gasteiger partial charge in [-0.1, -0.05) is 35.0 Å². The molecule has 1 unspecified atom stereocenters. The number of benzene rings is 2. The molecule has 2 aromatic carbocycles. The molecule has 1 fully saturated rings. The van der Waals surface area contributed by atoms with Gasteiger partial charge in [0.15, 0.2) is 17.7 Å². The molecule has 0 radical (unpaired) electrons. The normalized spacial score (nSPS) is 19.2. The number of aliphatic hydroxyl groups is 1. The highest BCUT2D eigenvalue weighted by atomic mass is 35.5. The average molecular weight is 502 g/mol. The van der Waals surface area contributed by atoms with Crippen molar-refractivity contribution < 1.29 is 23.2 Å². The molecule has 5 rings (SSSR count). The molecule has 3 atom stereocenters. The molecular formula is C25H22ClF2N3O4. The zero-order valence-electron chi connectivity index (χ0n) is 18.7. The molecule has 7 nitrogen and oxygen atoms in total. The summed E-state index contributed by atoms with van der Waals surface area (Å²) in [6, 6.07) is 7.93. The van der Waals surface area contributed by atoms with Crippen LogP contribution < -0.4 is 10.9 Å². The van der Waals surface area contributed by atoms with Crippen molar-refractivity contribution in [3.8, 4) is 0 Å². The lowest BCUT2D eigenvalue weighted by atomic mass is 9.89. The van der Waals surface area contributed by atoms with Crippen LogP contribution in [0.5, 0.6) is 0 Å². The number of hydrogen-bond donors (Lipinski definition) is 2. The number of aliphatic hydroxyl groups excluding tert-OH is 1. The van der Waals surface area contributed by atoms with Crippen molar-refractivity contribution in [2.45, 2.75) is 50.8 Å². The summed E-state index contributed by atoms with van der Waals surface area (Å²) in [4.78, 5) is 26.2. The van der Waals surface area contributed by atoms with Crippen molar-refractivity contribution in [3.63, 3.8) is 0 Å². The Bertz CT molecular complexity index is 1520. The van der Waals surface area contributed by atoms with Crippen LogP contribution in [0, 0.1) is 18.6 Å². The lowest BCUT2D eigenvalue weighted by molar-refractivity contribution is -0.130. The minimum atomic E-state index is -1.86. The van der Waals surface area contributed by atoms with E-state index in [1.165, 1.54) is 6.07 Å². The van der Waals surface area contributed by atoms with Gasteiger partial charge in [-0.25, -0.2) is 8.78 Å². The highest BCUT2D eigenvalue weighted by Gasteiger charge is 2.31. The monoisotopic (exact) mass is 501 g/mol. The van der Waals surface area contributed by atoms with Gasteiger partial charge in [-0.05, 0) is 50.8 Å². The van der Waals surface area contributed by atoms with E-state index in [1.807, 2.05) is 0 Å². The maximum absolute atomic E-state index is 14.1. The molecule has 0 saturated heterocycles. The Hall–Kier alpha value is -3.30. The van der Waals surface area contributed by atoms with Gasteiger partial charge in [0.1, 0.15) is 16.7 Å². The number of nitrogens with one attached hydrogen (secondary N) is 1. The molecule has 10 heteroatoms. The second-order valence-corrected chi connectivity index (χ2v) is 9.25. The Morgan fingerprint density at radius 1 is 1.23 bits per heavy atom. The van der Waals surface area contributed by atoms with Gasteiger partial charge in [0, 0.05) is 23.0 Å². The first-order valence-corrected chi connectivity index (χ1v) is 11.7. The highest BCUT2D eigenvalue weighted by Crippen LogP contribution is 2.35. The number of carbonyl (C=O) groups excluding carboxylic acids is 1. The highest BCUT2D eigenvalue weighted by molar-refractivity contribution is 6.37. The Labute approximate surface area is 203 Å². The minimum Gasteiger partial charge on any atom is -0.378 e. The van der Waals surface area contributed by atoms with Crippen molar-refractivity contribution in [1.82, 2.24) is 15.0 Å². The summed E-state index contributed by atoms with van der Waals surface area (Å²) in [7, 11) is 0. The van der Waals surface area contributed by atoms with Gasteiger partial charge in [0.25, 0.3) is 11.5 Å². The van der Waals surface area contributed by atoms with E-state index in [0.717, 1.165) is 12.1 Å². The largest absolute Gasteiger partial charge is 0.378 e. The van der Waals surface area contributed by atoms with Gasteiger partial charge >= 0.3 is 0 Å². The lowest BCUT2D eigenvalue weighted by Crippen LogP contribution is -2.42. The van der Waals surface area contributed by atoms with Crippen molar-refractivity contribution in [1.29, 1.82) is 0 Å². The van der Waals surface area contributed by atoms with Gasteiger partial charge in [-0.15, -0.1) is 0 Å². The molecule has 4 aromatic rings. The van der Waals surface area contributed by atoms with Crippen LogP contribution in [0.1, 0.15) is 49.2 Å². The molecule has 1 aliphatic carbocycles. The summed E-state index contributed by atoms with van der Waals surface area (Å²) in [6.07, 6.45) is 0.550. The lowest BCUT2D eigenvalue weighted by Gasteiger charge is -2.32. The first-order chi connectivity index (χ1) is 16.8. The molecule has 35 heavy (non-hydrogen) atoms. The first kappa shape index (κ1) is 23.4. The Morgan fingerprint density at radius 2 is 2.00 bits per heavy atom. The molecule has 0 spiro atoms. The van der Waals surface area contributed by atoms with Crippen LogP contribution in [0.2, 0.25) is 5.02 Å².